The van der Waals surface area contributed by atoms with E-state index < -0.39 is 0 Å². The van der Waals surface area contributed by atoms with E-state index in [4.69, 9.17) is 4.74 Å². The van der Waals surface area contributed by atoms with Crippen LogP contribution in [0.5, 0.6) is 0 Å². The molecule has 1 saturated carbocycles. The molecule has 1 N–H and O–H groups in total. The first-order valence-corrected chi connectivity index (χ1v) is 7.38. The van der Waals surface area contributed by atoms with Crippen molar-refractivity contribution in [1.29, 1.82) is 0 Å². The van der Waals surface area contributed by atoms with E-state index in [0.29, 0.717) is 12.1 Å². The van der Waals surface area contributed by atoms with Crippen LogP contribution in [0.15, 0.2) is 0 Å². The SMILES string of the molecule is CCC1COC(C)CN1CCNC1CCCC1. The second-order valence-electron chi connectivity index (χ2n) is 5.64. The normalized spacial score (nSPS) is 32.1. The van der Waals surface area contributed by atoms with Gasteiger partial charge < -0.3 is 10.1 Å². The largest absolute Gasteiger partial charge is 0.376 e. The third-order valence-electron chi connectivity index (χ3n) is 4.24. The maximum atomic E-state index is 5.73. The lowest BCUT2D eigenvalue weighted by Gasteiger charge is -2.38. The van der Waals surface area contributed by atoms with Crippen molar-refractivity contribution in [3.05, 3.63) is 0 Å². The first-order valence-electron chi connectivity index (χ1n) is 7.38. The third kappa shape index (κ3) is 3.94. The van der Waals surface area contributed by atoms with Crippen molar-refractivity contribution in [3.8, 4) is 0 Å². The number of ether oxygens (including phenoxy) is 1. The molecule has 2 aliphatic rings. The van der Waals surface area contributed by atoms with E-state index in [2.05, 4.69) is 24.1 Å². The summed E-state index contributed by atoms with van der Waals surface area (Å²) in [7, 11) is 0. The molecule has 1 saturated heterocycles. The van der Waals surface area contributed by atoms with Crippen LogP contribution in [-0.2, 0) is 4.74 Å². The number of nitrogens with one attached hydrogen (secondary N) is 1. The quantitative estimate of drug-likeness (QED) is 0.795. The summed E-state index contributed by atoms with van der Waals surface area (Å²) >= 11 is 0. The lowest BCUT2D eigenvalue weighted by Crippen LogP contribution is -2.50. The molecule has 3 heteroatoms. The van der Waals surface area contributed by atoms with Crippen LogP contribution >= 0.6 is 0 Å². The standard InChI is InChI=1S/C14H28N2O/c1-3-14-11-17-12(2)10-16(14)9-8-15-13-6-4-5-7-13/h12-15H,3-11H2,1-2H3. The van der Waals surface area contributed by atoms with Crippen LogP contribution in [0, 0.1) is 0 Å². The average molecular weight is 240 g/mol. The highest BCUT2D eigenvalue weighted by molar-refractivity contribution is 4.79. The molecular formula is C14H28N2O. The van der Waals surface area contributed by atoms with Crippen LogP contribution in [-0.4, -0.2) is 49.3 Å². The second-order valence-corrected chi connectivity index (χ2v) is 5.64. The molecule has 0 bridgehead atoms. The molecule has 0 aromatic heterocycles. The van der Waals surface area contributed by atoms with E-state index in [1.165, 1.54) is 38.6 Å². The maximum absolute atomic E-state index is 5.73. The van der Waals surface area contributed by atoms with Gasteiger partial charge in [0.15, 0.2) is 0 Å². The second kappa shape index (κ2) is 6.72. The minimum Gasteiger partial charge on any atom is -0.376 e. The van der Waals surface area contributed by atoms with Crippen molar-refractivity contribution in [1.82, 2.24) is 10.2 Å². The Morgan fingerprint density at radius 2 is 2.06 bits per heavy atom. The van der Waals surface area contributed by atoms with Gasteiger partial charge in [-0.1, -0.05) is 19.8 Å². The molecule has 0 spiro atoms. The van der Waals surface area contributed by atoms with Gasteiger partial charge in [0.2, 0.25) is 0 Å². The summed E-state index contributed by atoms with van der Waals surface area (Å²) in [6.45, 7) is 8.80. The number of rotatable bonds is 5. The van der Waals surface area contributed by atoms with E-state index in [-0.39, 0.29) is 0 Å². The van der Waals surface area contributed by atoms with Gasteiger partial charge >= 0.3 is 0 Å². The average Bonchev–Trinajstić information content (AvgIpc) is 2.82. The summed E-state index contributed by atoms with van der Waals surface area (Å²) in [6, 6.07) is 1.44. The van der Waals surface area contributed by atoms with Gasteiger partial charge in [-0.15, -0.1) is 0 Å². The minimum absolute atomic E-state index is 0.407. The zero-order valence-corrected chi connectivity index (χ0v) is 11.5. The maximum Gasteiger partial charge on any atom is 0.0674 e. The predicted octanol–water partition coefficient (Wildman–Crippen LogP) is 2.02. The predicted molar refractivity (Wildman–Crippen MR) is 71.3 cm³/mol. The lowest BCUT2D eigenvalue weighted by molar-refractivity contribution is -0.0552. The van der Waals surface area contributed by atoms with Crippen molar-refractivity contribution in [2.24, 2.45) is 0 Å². The molecule has 2 rings (SSSR count). The van der Waals surface area contributed by atoms with E-state index >= 15 is 0 Å². The number of hydrogen-bond donors (Lipinski definition) is 1. The molecule has 2 atom stereocenters. The first-order chi connectivity index (χ1) is 8.29. The molecule has 17 heavy (non-hydrogen) atoms. The van der Waals surface area contributed by atoms with Gasteiger partial charge in [-0.05, 0) is 26.2 Å². The molecule has 3 nitrogen and oxygen atoms in total. The van der Waals surface area contributed by atoms with Gasteiger partial charge in [0.05, 0.1) is 12.7 Å². The molecule has 1 aliphatic heterocycles. The summed E-state index contributed by atoms with van der Waals surface area (Å²) in [5.41, 5.74) is 0. The van der Waals surface area contributed by atoms with E-state index in [9.17, 15) is 0 Å². The zero-order chi connectivity index (χ0) is 12.1. The Bertz CT molecular complexity index is 216. The highest BCUT2D eigenvalue weighted by Crippen LogP contribution is 2.18. The van der Waals surface area contributed by atoms with Crippen molar-refractivity contribution >= 4 is 0 Å². The Morgan fingerprint density at radius 3 is 2.76 bits per heavy atom. The summed E-state index contributed by atoms with van der Waals surface area (Å²) in [5.74, 6) is 0. The Kier molecular flexibility index (Phi) is 5.26. The fourth-order valence-electron chi connectivity index (χ4n) is 3.10. The Labute approximate surface area is 106 Å². The summed E-state index contributed by atoms with van der Waals surface area (Å²) in [5, 5.41) is 3.71. The fourth-order valence-corrected chi connectivity index (χ4v) is 3.10. The molecule has 2 fully saturated rings. The number of morpholine rings is 1. The van der Waals surface area contributed by atoms with Gasteiger partial charge in [0.25, 0.3) is 0 Å². The Hall–Kier alpha value is -0.120. The molecule has 100 valence electrons. The van der Waals surface area contributed by atoms with Crippen molar-refractivity contribution in [2.45, 2.75) is 64.1 Å². The van der Waals surface area contributed by atoms with Crippen LogP contribution in [0.3, 0.4) is 0 Å². The van der Waals surface area contributed by atoms with Gasteiger partial charge in [-0.3, -0.25) is 4.90 Å². The van der Waals surface area contributed by atoms with E-state index in [0.717, 1.165) is 25.7 Å². The summed E-state index contributed by atoms with van der Waals surface area (Å²) in [4.78, 5) is 2.61. The summed E-state index contributed by atoms with van der Waals surface area (Å²) < 4.78 is 5.73. The highest BCUT2D eigenvalue weighted by Gasteiger charge is 2.25. The zero-order valence-electron chi connectivity index (χ0n) is 11.5. The third-order valence-corrected chi connectivity index (χ3v) is 4.24. The van der Waals surface area contributed by atoms with Crippen molar-refractivity contribution < 1.29 is 4.74 Å². The van der Waals surface area contributed by atoms with Gasteiger partial charge in [0, 0.05) is 31.7 Å². The molecule has 0 amide bonds. The lowest BCUT2D eigenvalue weighted by atomic mass is 10.1. The van der Waals surface area contributed by atoms with Gasteiger partial charge in [0.1, 0.15) is 0 Å². The van der Waals surface area contributed by atoms with E-state index in [1.54, 1.807) is 0 Å². The smallest absolute Gasteiger partial charge is 0.0674 e. The molecule has 0 radical (unpaired) electrons. The molecule has 0 aromatic rings. The fraction of sp³-hybridized carbons (Fsp3) is 1.00. The summed E-state index contributed by atoms with van der Waals surface area (Å²) in [6.07, 6.45) is 7.22. The van der Waals surface area contributed by atoms with Gasteiger partial charge in [-0.25, -0.2) is 0 Å². The van der Waals surface area contributed by atoms with Gasteiger partial charge in [-0.2, -0.15) is 0 Å². The molecule has 1 heterocycles. The topological polar surface area (TPSA) is 24.5 Å². The van der Waals surface area contributed by atoms with Crippen LogP contribution < -0.4 is 5.32 Å². The first kappa shape index (κ1) is 13.3. The number of nitrogens with zero attached hydrogens (tertiary/aromatic N) is 1. The van der Waals surface area contributed by atoms with E-state index in [1.807, 2.05) is 0 Å². The van der Waals surface area contributed by atoms with Crippen LogP contribution in [0.1, 0.15) is 46.0 Å². The number of hydrogen-bond acceptors (Lipinski definition) is 3. The monoisotopic (exact) mass is 240 g/mol. The Balaban J connectivity index is 1.68. The molecular weight excluding hydrogens is 212 g/mol. The molecule has 0 aromatic carbocycles. The van der Waals surface area contributed by atoms with Crippen molar-refractivity contribution in [2.75, 3.05) is 26.2 Å². The van der Waals surface area contributed by atoms with Crippen LogP contribution in [0.2, 0.25) is 0 Å². The van der Waals surface area contributed by atoms with Crippen LogP contribution in [0.25, 0.3) is 0 Å². The van der Waals surface area contributed by atoms with Crippen LogP contribution in [0.4, 0.5) is 0 Å². The Morgan fingerprint density at radius 1 is 1.29 bits per heavy atom. The molecule has 2 unspecified atom stereocenters. The highest BCUT2D eigenvalue weighted by atomic mass is 16.5. The molecule has 1 aliphatic carbocycles. The minimum atomic E-state index is 0.407. The van der Waals surface area contributed by atoms with Crippen molar-refractivity contribution in [3.63, 3.8) is 0 Å².